The summed E-state index contributed by atoms with van der Waals surface area (Å²) in [6.07, 6.45) is 10.2. The maximum atomic E-state index is 14.1. The van der Waals surface area contributed by atoms with Crippen molar-refractivity contribution in [3.63, 3.8) is 0 Å². The summed E-state index contributed by atoms with van der Waals surface area (Å²) in [7, 11) is 2.16. The average molecular weight is 490 g/mol. The van der Waals surface area contributed by atoms with Crippen molar-refractivity contribution in [1.82, 2.24) is 24.5 Å². The standard InChI is InChI=1S/C26H28FN7S/c1-16-8-24(18(11-28)9-23(16)27)35-25-10-19(15-33-26(25)20(12-29)13-30-33)22-14-31-34(17(22)2)21-4-6-32(3)7-5-21/h9,13-15,21,24-25H,4-8,10H2,1-3H3. The van der Waals surface area contributed by atoms with Crippen molar-refractivity contribution >= 4 is 23.5 Å². The Labute approximate surface area is 209 Å². The van der Waals surface area contributed by atoms with E-state index in [0.29, 0.717) is 35.6 Å². The Kier molecular flexibility index (Phi) is 6.39. The first-order chi connectivity index (χ1) is 16.9. The average Bonchev–Trinajstić information content (AvgIpc) is 3.45. The fraction of sp³-hybridized carbons (Fsp3) is 0.462. The Bertz CT molecular complexity index is 1320. The Morgan fingerprint density at radius 1 is 1.06 bits per heavy atom. The molecule has 3 aliphatic rings. The third kappa shape index (κ3) is 4.35. The second kappa shape index (κ2) is 9.49. The highest BCUT2D eigenvalue weighted by Crippen LogP contribution is 2.48. The molecule has 0 amide bonds. The Balaban J connectivity index is 1.46. The molecule has 2 aliphatic heterocycles. The van der Waals surface area contributed by atoms with Gasteiger partial charge < -0.3 is 4.90 Å². The molecule has 2 aromatic heterocycles. The summed E-state index contributed by atoms with van der Waals surface area (Å²) >= 11 is 1.62. The lowest BCUT2D eigenvalue weighted by Crippen LogP contribution is -2.32. The molecule has 0 radical (unpaired) electrons. The van der Waals surface area contributed by atoms with Crippen LogP contribution in [0.5, 0.6) is 0 Å². The zero-order valence-electron chi connectivity index (χ0n) is 20.2. The summed E-state index contributed by atoms with van der Waals surface area (Å²) < 4.78 is 18.1. The lowest BCUT2D eigenvalue weighted by Gasteiger charge is -2.30. The van der Waals surface area contributed by atoms with E-state index >= 15 is 0 Å². The van der Waals surface area contributed by atoms with Gasteiger partial charge in [-0.05, 0) is 76.9 Å². The fourth-order valence-corrected chi connectivity index (χ4v) is 6.93. The number of nitrogens with zero attached hydrogens (tertiary/aromatic N) is 7. The van der Waals surface area contributed by atoms with Crippen molar-refractivity contribution in [3.8, 4) is 12.1 Å². The second-order valence-corrected chi connectivity index (χ2v) is 11.0. The number of piperidine rings is 1. The molecule has 9 heteroatoms. The number of aromatic nitrogens is 4. The summed E-state index contributed by atoms with van der Waals surface area (Å²) in [6.45, 7) is 6.03. The van der Waals surface area contributed by atoms with E-state index < -0.39 is 0 Å². The second-order valence-electron chi connectivity index (χ2n) is 9.64. The first kappa shape index (κ1) is 23.6. The zero-order chi connectivity index (χ0) is 24.7. The number of hydrogen-bond donors (Lipinski definition) is 0. The molecule has 0 aromatic carbocycles. The van der Waals surface area contributed by atoms with E-state index in [1.54, 1.807) is 29.6 Å². The van der Waals surface area contributed by atoms with Gasteiger partial charge in [0.2, 0.25) is 0 Å². The van der Waals surface area contributed by atoms with Crippen LogP contribution in [0, 0.1) is 29.6 Å². The van der Waals surface area contributed by atoms with Gasteiger partial charge in [0.05, 0.1) is 41.0 Å². The molecule has 35 heavy (non-hydrogen) atoms. The molecule has 180 valence electrons. The molecule has 1 aliphatic carbocycles. The molecule has 4 heterocycles. The highest BCUT2D eigenvalue weighted by Gasteiger charge is 2.33. The van der Waals surface area contributed by atoms with E-state index in [1.807, 2.05) is 12.4 Å². The zero-order valence-corrected chi connectivity index (χ0v) is 21.0. The number of hydrogen-bond acceptors (Lipinski definition) is 6. The van der Waals surface area contributed by atoms with Crippen LogP contribution in [-0.4, -0.2) is 49.8 Å². The lowest BCUT2D eigenvalue weighted by atomic mass is 9.97. The topological polar surface area (TPSA) is 86.5 Å². The minimum absolute atomic E-state index is 0.0889. The molecule has 5 rings (SSSR count). The molecule has 1 fully saturated rings. The van der Waals surface area contributed by atoms with E-state index in [1.165, 1.54) is 6.08 Å². The molecule has 0 bridgehead atoms. The lowest BCUT2D eigenvalue weighted by molar-refractivity contribution is 0.210. The van der Waals surface area contributed by atoms with Gasteiger partial charge in [-0.15, -0.1) is 11.8 Å². The summed E-state index contributed by atoms with van der Waals surface area (Å²) in [5, 5.41) is 28.3. The highest BCUT2D eigenvalue weighted by atomic mass is 32.2. The van der Waals surface area contributed by atoms with Crippen molar-refractivity contribution in [2.75, 3.05) is 20.1 Å². The number of rotatable bonds is 4. The van der Waals surface area contributed by atoms with Gasteiger partial charge in [0.15, 0.2) is 0 Å². The van der Waals surface area contributed by atoms with Crippen LogP contribution in [-0.2, 0) is 0 Å². The van der Waals surface area contributed by atoms with E-state index in [4.69, 9.17) is 5.10 Å². The maximum absolute atomic E-state index is 14.1. The normalized spacial score (nSPS) is 23.4. The van der Waals surface area contributed by atoms with Gasteiger partial charge in [-0.2, -0.15) is 20.7 Å². The maximum Gasteiger partial charge on any atom is 0.123 e. The predicted octanol–water partition coefficient (Wildman–Crippen LogP) is 5.17. The van der Waals surface area contributed by atoms with E-state index in [-0.39, 0.29) is 16.3 Å². The van der Waals surface area contributed by atoms with Crippen LogP contribution in [0.25, 0.3) is 11.8 Å². The van der Waals surface area contributed by atoms with Gasteiger partial charge in [-0.1, -0.05) is 0 Å². The van der Waals surface area contributed by atoms with Crippen LogP contribution in [0.15, 0.2) is 35.4 Å². The molecule has 1 saturated heterocycles. The van der Waals surface area contributed by atoms with Crippen molar-refractivity contribution in [2.45, 2.75) is 56.1 Å². The highest BCUT2D eigenvalue weighted by molar-refractivity contribution is 8.00. The fourth-order valence-electron chi connectivity index (χ4n) is 5.28. The first-order valence-electron chi connectivity index (χ1n) is 11.9. The molecular weight excluding hydrogens is 461 g/mol. The van der Waals surface area contributed by atoms with Gasteiger partial charge >= 0.3 is 0 Å². The minimum atomic E-state index is -0.317. The van der Waals surface area contributed by atoms with Gasteiger partial charge in [0, 0.05) is 28.3 Å². The van der Waals surface area contributed by atoms with Crippen molar-refractivity contribution < 1.29 is 4.39 Å². The van der Waals surface area contributed by atoms with Crippen LogP contribution >= 0.6 is 11.8 Å². The monoisotopic (exact) mass is 489 g/mol. The molecule has 0 saturated carbocycles. The number of fused-ring (bicyclic) bond motifs is 1. The minimum Gasteiger partial charge on any atom is -0.306 e. The van der Waals surface area contributed by atoms with Crippen molar-refractivity contribution in [2.24, 2.45) is 0 Å². The predicted molar refractivity (Wildman–Crippen MR) is 135 cm³/mol. The number of thioether (sulfide) groups is 1. The summed E-state index contributed by atoms with van der Waals surface area (Å²) in [5.41, 5.74) is 5.80. The van der Waals surface area contributed by atoms with Gasteiger partial charge in [0.1, 0.15) is 11.9 Å². The summed E-state index contributed by atoms with van der Waals surface area (Å²) in [5.74, 6) is -0.317. The van der Waals surface area contributed by atoms with Crippen LogP contribution in [0.2, 0.25) is 0 Å². The van der Waals surface area contributed by atoms with Crippen LogP contribution in [0.4, 0.5) is 4.39 Å². The molecule has 2 aromatic rings. The molecule has 2 unspecified atom stereocenters. The molecule has 0 spiro atoms. The molecule has 7 nitrogen and oxygen atoms in total. The third-order valence-electron chi connectivity index (χ3n) is 7.35. The van der Waals surface area contributed by atoms with Gasteiger partial charge in [-0.25, -0.2) is 9.07 Å². The third-order valence-corrected chi connectivity index (χ3v) is 8.82. The van der Waals surface area contributed by atoms with E-state index in [2.05, 4.69) is 40.8 Å². The Hall–Kier alpha value is -3.14. The number of halogens is 1. The van der Waals surface area contributed by atoms with Crippen molar-refractivity contribution in [3.05, 3.63) is 58.0 Å². The largest absolute Gasteiger partial charge is 0.306 e. The van der Waals surface area contributed by atoms with Gasteiger partial charge in [0.25, 0.3) is 0 Å². The molecular formula is C26H28FN7S. The van der Waals surface area contributed by atoms with Crippen LogP contribution in [0.3, 0.4) is 0 Å². The summed E-state index contributed by atoms with van der Waals surface area (Å²) in [4.78, 5) is 2.35. The number of allylic oxidation sites excluding steroid dienone is 4. The van der Waals surface area contributed by atoms with Crippen LogP contribution < -0.4 is 0 Å². The first-order valence-corrected chi connectivity index (χ1v) is 12.9. The smallest absolute Gasteiger partial charge is 0.123 e. The van der Waals surface area contributed by atoms with E-state index in [0.717, 1.165) is 48.5 Å². The molecule has 2 atom stereocenters. The van der Waals surface area contributed by atoms with E-state index in [9.17, 15) is 14.9 Å². The Morgan fingerprint density at radius 3 is 2.54 bits per heavy atom. The number of nitriles is 2. The van der Waals surface area contributed by atoms with Gasteiger partial charge in [-0.3, -0.25) is 4.68 Å². The Morgan fingerprint density at radius 2 is 1.83 bits per heavy atom. The molecule has 0 N–H and O–H groups in total. The van der Waals surface area contributed by atoms with Crippen LogP contribution in [0.1, 0.15) is 66.4 Å². The SMILES string of the molecule is CC1=C(F)C=C(C#N)C(SC2CC(c3cnn(C4CCN(C)CC4)c3C)=Cn3ncc(C#N)c32)C1. The van der Waals surface area contributed by atoms with Crippen molar-refractivity contribution in [1.29, 1.82) is 10.5 Å². The quantitative estimate of drug-likeness (QED) is 0.589. The number of likely N-dealkylation sites (tertiary alicyclic amines) is 1. The summed E-state index contributed by atoms with van der Waals surface area (Å²) in [6, 6.07) is 4.85.